The van der Waals surface area contributed by atoms with Gasteiger partial charge in [-0.15, -0.1) is 0 Å². The number of amides is 1. The van der Waals surface area contributed by atoms with Crippen LogP contribution in [0, 0.1) is 26.6 Å². The second-order valence-electron chi connectivity index (χ2n) is 7.50. The fourth-order valence-electron chi connectivity index (χ4n) is 3.63. The van der Waals surface area contributed by atoms with Gasteiger partial charge in [0.05, 0.1) is 12.2 Å². The van der Waals surface area contributed by atoms with Gasteiger partial charge in [-0.05, 0) is 67.8 Å². The van der Waals surface area contributed by atoms with Crippen LogP contribution in [-0.2, 0) is 17.8 Å². The van der Waals surface area contributed by atoms with Gasteiger partial charge in [-0.2, -0.15) is 0 Å². The number of benzene rings is 2. The molecule has 1 amide bonds. The van der Waals surface area contributed by atoms with Crippen molar-refractivity contribution in [1.82, 2.24) is 10.1 Å². The van der Waals surface area contributed by atoms with Gasteiger partial charge in [0, 0.05) is 24.1 Å². The summed E-state index contributed by atoms with van der Waals surface area (Å²) >= 11 is 0. The molecular formula is C23H23FN2O3. The van der Waals surface area contributed by atoms with E-state index < -0.39 is 0 Å². The maximum absolute atomic E-state index is 13.2. The fraction of sp³-hybridized carbons (Fsp3) is 0.304. The number of halogens is 1. The number of aryl methyl sites for hydroxylation is 2. The summed E-state index contributed by atoms with van der Waals surface area (Å²) in [5.74, 6) is 0.937. The van der Waals surface area contributed by atoms with Crippen molar-refractivity contribution >= 4 is 5.91 Å². The number of aromatic nitrogens is 1. The normalized spacial score (nSPS) is 13.3. The summed E-state index contributed by atoms with van der Waals surface area (Å²) in [6, 6.07) is 10.1. The van der Waals surface area contributed by atoms with Crippen molar-refractivity contribution in [1.29, 1.82) is 0 Å². The van der Waals surface area contributed by atoms with Crippen molar-refractivity contribution < 1.29 is 18.4 Å². The Morgan fingerprint density at radius 2 is 1.97 bits per heavy atom. The van der Waals surface area contributed by atoms with Crippen LogP contribution in [0.4, 0.5) is 4.39 Å². The standard InChI is InChI=1S/C23H23FN2O3/c1-14-10-15(2)16(3)21(11-14)28-13-22(27)26-9-8-20-19(12-26)23(29-25-20)17-4-6-18(24)7-5-17/h4-7,10-11H,8-9,12-13H2,1-3H3. The highest BCUT2D eigenvalue weighted by atomic mass is 19.1. The molecule has 6 heteroatoms. The van der Waals surface area contributed by atoms with E-state index in [0.717, 1.165) is 39.3 Å². The molecule has 0 spiro atoms. The molecule has 1 aromatic heterocycles. The van der Waals surface area contributed by atoms with E-state index in [1.165, 1.54) is 12.1 Å². The second-order valence-corrected chi connectivity index (χ2v) is 7.50. The molecule has 0 radical (unpaired) electrons. The molecule has 0 unspecified atom stereocenters. The van der Waals surface area contributed by atoms with Crippen LogP contribution in [0.3, 0.4) is 0 Å². The van der Waals surface area contributed by atoms with Gasteiger partial charge in [0.15, 0.2) is 12.4 Å². The fourth-order valence-corrected chi connectivity index (χ4v) is 3.63. The summed E-state index contributed by atoms with van der Waals surface area (Å²) in [4.78, 5) is 14.5. The number of carbonyl (C=O) groups excluding carboxylic acids is 1. The van der Waals surface area contributed by atoms with Crippen LogP contribution in [0.5, 0.6) is 5.75 Å². The highest BCUT2D eigenvalue weighted by Gasteiger charge is 2.27. The highest BCUT2D eigenvalue weighted by Crippen LogP contribution is 2.31. The van der Waals surface area contributed by atoms with Crippen LogP contribution >= 0.6 is 0 Å². The molecule has 2 aromatic carbocycles. The number of ether oxygens (including phenoxy) is 1. The van der Waals surface area contributed by atoms with Crippen LogP contribution < -0.4 is 4.74 Å². The largest absolute Gasteiger partial charge is 0.483 e. The van der Waals surface area contributed by atoms with Crippen molar-refractivity contribution in [2.24, 2.45) is 0 Å². The quantitative estimate of drug-likeness (QED) is 0.659. The van der Waals surface area contributed by atoms with Gasteiger partial charge < -0.3 is 14.2 Å². The molecule has 29 heavy (non-hydrogen) atoms. The lowest BCUT2D eigenvalue weighted by Crippen LogP contribution is -2.38. The predicted molar refractivity (Wildman–Crippen MR) is 107 cm³/mol. The van der Waals surface area contributed by atoms with Crippen LogP contribution in [0.1, 0.15) is 27.9 Å². The molecule has 5 nitrogen and oxygen atoms in total. The van der Waals surface area contributed by atoms with Gasteiger partial charge >= 0.3 is 0 Å². The van der Waals surface area contributed by atoms with E-state index in [-0.39, 0.29) is 18.3 Å². The molecule has 3 aromatic rings. The van der Waals surface area contributed by atoms with Gasteiger partial charge in [0.2, 0.25) is 0 Å². The molecule has 0 fully saturated rings. The molecule has 0 aliphatic carbocycles. The van der Waals surface area contributed by atoms with Gasteiger partial charge in [-0.3, -0.25) is 4.79 Å². The molecule has 2 heterocycles. The maximum Gasteiger partial charge on any atom is 0.260 e. The van der Waals surface area contributed by atoms with E-state index in [9.17, 15) is 9.18 Å². The Kier molecular flexibility index (Phi) is 5.09. The number of fused-ring (bicyclic) bond motifs is 1. The first-order valence-electron chi connectivity index (χ1n) is 9.64. The van der Waals surface area contributed by atoms with E-state index in [2.05, 4.69) is 11.2 Å². The smallest absolute Gasteiger partial charge is 0.260 e. The summed E-state index contributed by atoms with van der Waals surface area (Å²) in [6.45, 7) is 6.99. The van der Waals surface area contributed by atoms with Crippen LogP contribution in [0.2, 0.25) is 0 Å². The number of nitrogens with zero attached hydrogens (tertiary/aromatic N) is 2. The minimum absolute atomic E-state index is 0.0176. The van der Waals surface area contributed by atoms with Crippen molar-refractivity contribution in [2.75, 3.05) is 13.2 Å². The SMILES string of the molecule is Cc1cc(C)c(C)c(OCC(=O)N2CCc3noc(-c4ccc(F)cc4)c3C2)c1. The third-order valence-electron chi connectivity index (χ3n) is 5.41. The second kappa shape index (κ2) is 7.70. The summed E-state index contributed by atoms with van der Waals surface area (Å²) in [5, 5.41) is 4.14. The van der Waals surface area contributed by atoms with E-state index in [0.29, 0.717) is 25.3 Å². The lowest BCUT2D eigenvalue weighted by Gasteiger charge is -2.26. The first-order chi connectivity index (χ1) is 13.9. The van der Waals surface area contributed by atoms with Gasteiger partial charge in [-0.1, -0.05) is 11.2 Å². The zero-order chi connectivity index (χ0) is 20.5. The molecule has 0 saturated carbocycles. The van der Waals surface area contributed by atoms with Gasteiger partial charge in [0.25, 0.3) is 5.91 Å². The molecule has 150 valence electrons. The van der Waals surface area contributed by atoms with Crippen molar-refractivity contribution in [2.45, 2.75) is 33.7 Å². The van der Waals surface area contributed by atoms with E-state index in [1.807, 2.05) is 26.8 Å². The Balaban J connectivity index is 1.48. The molecule has 0 bridgehead atoms. The van der Waals surface area contributed by atoms with Crippen molar-refractivity contribution in [3.8, 4) is 17.1 Å². The minimum Gasteiger partial charge on any atom is -0.483 e. The van der Waals surface area contributed by atoms with E-state index >= 15 is 0 Å². The van der Waals surface area contributed by atoms with E-state index in [1.54, 1.807) is 17.0 Å². The molecule has 1 aliphatic heterocycles. The summed E-state index contributed by atoms with van der Waals surface area (Å²) in [7, 11) is 0. The Bertz CT molecular complexity index is 1060. The maximum atomic E-state index is 13.2. The topological polar surface area (TPSA) is 55.6 Å². The van der Waals surface area contributed by atoms with Crippen LogP contribution in [-0.4, -0.2) is 29.1 Å². The minimum atomic E-state index is -0.308. The average molecular weight is 394 g/mol. The van der Waals surface area contributed by atoms with Crippen molar-refractivity contribution in [3.05, 3.63) is 70.2 Å². The summed E-state index contributed by atoms with van der Waals surface area (Å²) in [5.41, 5.74) is 5.76. The summed E-state index contributed by atoms with van der Waals surface area (Å²) < 4.78 is 24.6. The monoisotopic (exact) mass is 394 g/mol. The molecule has 0 N–H and O–H groups in total. The highest BCUT2D eigenvalue weighted by molar-refractivity contribution is 5.78. The lowest BCUT2D eigenvalue weighted by atomic mass is 10.0. The Hall–Kier alpha value is -3.15. The number of rotatable bonds is 4. The predicted octanol–water partition coefficient (Wildman–Crippen LogP) is 4.37. The average Bonchev–Trinajstić information content (AvgIpc) is 3.13. The molecular weight excluding hydrogens is 371 g/mol. The first kappa shape index (κ1) is 19.2. The Morgan fingerprint density at radius 3 is 2.72 bits per heavy atom. The third-order valence-corrected chi connectivity index (χ3v) is 5.41. The molecule has 4 rings (SSSR count). The lowest BCUT2D eigenvalue weighted by molar-refractivity contribution is -0.134. The Morgan fingerprint density at radius 1 is 1.21 bits per heavy atom. The van der Waals surface area contributed by atoms with E-state index in [4.69, 9.17) is 9.26 Å². The molecule has 0 saturated heterocycles. The van der Waals surface area contributed by atoms with Gasteiger partial charge in [-0.25, -0.2) is 4.39 Å². The van der Waals surface area contributed by atoms with Gasteiger partial charge in [0.1, 0.15) is 11.6 Å². The zero-order valence-electron chi connectivity index (χ0n) is 16.8. The third kappa shape index (κ3) is 3.88. The number of hydrogen-bond donors (Lipinski definition) is 0. The van der Waals surface area contributed by atoms with Crippen LogP contribution in [0.25, 0.3) is 11.3 Å². The van der Waals surface area contributed by atoms with Crippen molar-refractivity contribution in [3.63, 3.8) is 0 Å². The zero-order valence-corrected chi connectivity index (χ0v) is 16.8. The van der Waals surface area contributed by atoms with Crippen LogP contribution in [0.15, 0.2) is 40.9 Å². The molecule has 0 atom stereocenters. The number of hydrogen-bond acceptors (Lipinski definition) is 4. The molecule has 1 aliphatic rings. The Labute approximate surface area is 169 Å². The first-order valence-corrected chi connectivity index (χ1v) is 9.64. The summed E-state index contributed by atoms with van der Waals surface area (Å²) in [6.07, 6.45) is 0.619. The number of carbonyl (C=O) groups is 1.